The van der Waals surface area contributed by atoms with Crippen LogP contribution >= 0.6 is 11.8 Å². The SMILES string of the molecule is CCCc1cc(O)ccc1Sc1ccc(O)cc1. The van der Waals surface area contributed by atoms with Crippen LogP contribution in [-0.4, -0.2) is 10.2 Å². The van der Waals surface area contributed by atoms with E-state index in [9.17, 15) is 10.2 Å². The van der Waals surface area contributed by atoms with Gasteiger partial charge in [-0.2, -0.15) is 0 Å². The molecule has 2 aromatic rings. The fourth-order valence-electron chi connectivity index (χ4n) is 1.77. The number of phenolic OH excluding ortho intramolecular Hbond substituents is 2. The summed E-state index contributed by atoms with van der Waals surface area (Å²) in [5, 5.41) is 18.8. The topological polar surface area (TPSA) is 40.5 Å². The number of rotatable bonds is 4. The van der Waals surface area contributed by atoms with Gasteiger partial charge in [-0.15, -0.1) is 0 Å². The molecular formula is C15H16O2S. The molecule has 94 valence electrons. The van der Waals surface area contributed by atoms with Gasteiger partial charge in [0.25, 0.3) is 0 Å². The van der Waals surface area contributed by atoms with Crippen molar-refractivity contribution in [2.75, 3.05) is 0 Å². The van der Waals surface area contributed by atoms with Crippen LogP contribution in [0.5, 0.6) is 11.5 Å². The molecular weight excluding hydrogens is 244 g/mol. The largest absolute Gasteiger partial charge is 0.508 e. The van der Waals surface area contributed by atoms with E-state index >= 15 is 0 Å². The second kappa shape index (κ2) is 5.83. The van der Waals surface area contributed by atoms with Crippen molar-refractivity contribution < 1.29 is 10.2 Å². The first-order valence-corrected chi connectivity index (χ1v) is 6.79. The minimum Gasteiger partial charge on any atom is -0.508 e. The van der Waals surface area contributed by atoms with Gasteiger partial charge in [0.1, 0.15) is 11.5 Å². The van der Waals surface area contributed by atoms with E-state index in [2.05, 4.69) is 6.92 Å². The molecule has 2 rings (SSSR count). The average Bonchev–Trinajstić information content (AvgIpc) is 2.36. The summed E-state index contributed by atoms with van der Waals surface area (Å²) in [4.78, 5) is 2.23. The highest BCUT2D eigenvalue weighted by Crippen LogP contribution is 2.33. The quantitative estimate of drug-likeness (QED) is 0.865. The third-order valence-corrected chi connectivity index (χ3v) is 3.75. The van der Waals surface area contributed by atoms with Gasteiger partial charge in [0.15, 0.2) is 0 Å². The van der Waals surface area contributed by atoms with Crippen LogP contribution in [0.2, 0.25) is 0 Å². The molecule has 0 saturated carbocycles. The Labute approximate surface area is 111 Å². The molecule has 0 fully saturated rings. The number of hydrogen-bond donors (Lipinski definition) is 2. The average molecular weight is 260 g/mol. The molecule has 0 saturated heterocycles. The zero-order chi connectivity index (χ0) is 13.0. The van der Waals surface area contributed by atoms with E-state index in [0.717, 1.165) is 28.2 Å². The maximum atomic E-state index is 9.52. The van der Waals surface area contributed by atoms with Gasteiger partial charge in [-0.05, 0) is 54.4 Å². The van der Waals surface area contributed by atoms with Crippen molar-refractivity contribution in [3.63, 3.8) is 0 Å². The molecule has 0 bridgehead atoms. The lowest BCUT2D eigenvalue weighted by Crippen LogP contribution is -1.87. The molecule has 0 aromatic heterocycles. The monoisotopic (exact) mass is 260 g/mol. The lowest BCUT2D eigenvalue weighted by Gasteiger charge is -2.09. The number of benzene rings is 2. The van der Waals surface area contributed by atoms with Crippen LogP contribution < -0.4 is 0 Å². The van der Waals surface area contributed by atoms with E-state index in [4.69, 9.17) is 0 Å². The number of aryl methyl sites for hydroxylation is 1. The Balaban J connectivity index is 2.25. The second-order valence-corrected chi connectivity index (χ2v) is 5.25. The van der Waals surface area contributed by atoms with Crippen molar-refractivity contribution in [2.24, 2.45) is 0 Å². The Morgan fingerprint density at radius 3 is 2.28 bits per heavy atom. The Hall–Kier alpha value is -1.61. The third kappa shape index (κ3) is 3.20. The van der Waals surface area contributed by atoms with Crippen LogP contribution in [0.4, 0.5) is 0 Å². The Kier molecular flexibility index (Phi) is 4.15. The molecule has 0 spiro atoms. The van der Waals surface area contributed by atoms with Crippen molar-refractivity contribution in [1.29, 1.82) is 0 Å². The standard InChI is InChI=1S/C15H16O2S/c1-2-3-11-10-13(17)6-9-15(11)18-14-7-4-12(16)5-8-14/h4-10,16-17H,2-3H2,1H3. The van der Waals surface area contributed by atoms with Gasteiger partial charge in [-0.1, -0.05) is 25.1 Å². The van der Waals surface area contributed by atoms with Crippen molar-refractivity contribution in [3.8, 4) is 11.5 Å². The van der Waals surface area contributed by atoms with Gasteiger partial charge < -0.3 is 10.2 Å². The summed E-state index contributed by atoms with van der Waals surface area (Å²) in [6, 6.07) is 12.6. The second-order valence-electron chi connectivity index (χ2n) is 4.14. The van der Waals surface area contributed by atoms with Gasteiger partial charge in [0.2, 0.25) is 0 Å². The number of hydrogen-bond acceptors (Lipinski definition) is 3. The van der Waals surface area contributed by atoms with Gasteiger partial charge in [0, 0.05) is 9.79 Å². The molecule has 0 amide bonds. The van der Waals surface area contributed by atoms with Gasteiger partial charge in [-0.25, -0.2) is 0 Å². The zero-order valence-electron chi connectivity index (χ0n) is 10.3. The molecule has 0 heterocycles. The predicted molar refractivity (Wildman–Crippen MR) is 74.3 cm³/mol. The molecule has 0 radical (unpaired) electrons. The molecule has 0 atom stereocenters. The molecule has 3 heteroatoms. The Morgan fingerprint density at radius 1 is 0.944 bits per heavy atom. The van der Waals surface area contributed by atoms with E-state index < -0.39 is 0 Å². The maximum Gasteiger partial charge on any atom is 0.115 e. The van der Waals surface area contributed by atoms with E-state index in [-0.39, 0.29) is 5.75 Å². The Morgan fingerprint density at radius 2 is 1.61 bits per heavy atom. The minimum absolute atomic E-state index is 0.277. The summed E-state index contributed by atoms with van der Waals surface area (Å²) in [5.74, 6) is 0.590. The summed E-state index contributed by atoms with van der Waals surface area (Å²) >= 11 is 1.65. The fourth-order valence-corrected chi connectivity index (χ4v) is 2.73. The first-order chi connectivity index (χ1) is 8.69. The predicted octanol–water partition coefficient (Wildman–Crippen LogP) is 4.20. The lowest BCUT2D eigenvalue weighted by atomic mass is 10.1. The van der Waals surface area contributed by atoms with Crippen LogP contribution in [0.15, 0.2) is 52.3 Å². The highest BCUT2D eigenvalue weighted by atomic mass is 32.2. The summed E-state index contributed by atoms with van der Waals surface area (Å²) in [7, 11) is 0. The van der Waals surface area contributed by atoms with Crippen LogP contribution in [-0.2, 0) is 6.42 Å². The smallest absolute Gasteiger partial charge is 0.115 e. The van der Waals surface area contributed by atoms with E-state index in [1.165, 1.54) is 0 Å². The molecule has 0 unspecified atom stereocenters. The normalized spacial score (nSPS) is 10.5. The van der Waals surface area contributed by atoms with E-state index in [1.54, 1.807) is 30.0 Å². The molecule has 0 aliphatic carbocycles. The van der Waals surface area contributed by atoms with Crippen molar-refractivity contribution in [2.45, 2.75) is 29.6 Å². The first-order valence-electron chi connectivity index (χ1n) is 5.98. The third-order valence-electron chi connectivity index (χ3n) is 2.63. The molecule has 0 aliphatic heterocycles. The van der Waals surface area contributed by atoms with Crippen molar-refractivity contribution in [3.05, 3.63) is 48.0 Å². The Bertz CT molecular complexity index is 521. The molecule has 2 nitrogen and oxygen atoms in total. The number of aromatic hydroxyl groups is 2. The molecule has 18 heavy (non-hydrogen) atoms. The van der Waals surface area contributed by atoms with E-state index in [1.807, 2.05) is 24.3 Å². The van der Waals surface area contributed by atoms with Gasteiger partial charge in [0.05, 0.1) is 0 Å². The molecule has 0 aliphatic rings. The summed E-state index contributed by atoms with van der Waals surface area (Å²) in [6.45, 7) is 2.12. The summed E-state index contributed by atoms with van der Waals surface area (Å²) in [6.07, 6.45) is 2.00. The van der Waals surface area contributed by atoms with Crippen LogP contribution in [0.25, 0.3) is 0 Å². The summed E-state index contributed by atoms with van der Waals surface area (Å²) in [5.41, 5.74) is 1.16. The lowest BCUT2D eigenvalue weighted by molar-refractivity contribution is 0.473. The zero-order valence-corrected chi connectivity index (χ0v) is 11.1. The highest BCUT2D eigenvalue weighted by molar-refractivity contribution is 7.99. The van der Waals surface area contributed by atoms with Gasteiger partial charge in [-0.3, -0.25) is 0 Å². The van der Waals surface area contributed by atoms with Crippen LogP contribution in [0, 0.1) is 0 Å². The van der Waals surface area contributed by atoms with Gasteiger partial charge >= 0.3 is 0 Å². The van der Waals surface area contributed by atoms with E-state index in [0.29, 0.717) is 5.75 Å². The first kappa shape index (κ1) is 12.8. The minimum atomic E-state index is 0.277. The molecule has 2 N–H and O–H groups in total. The van der Waals surface area contributed by atoms with Crippen molar-refractivity contribution in [1.82, 2.24) is 0 Å². The molecule has 2 aromatic carbocycles. The summed E-state index contributed by atoms with van der Waals surface area (Å²) < 4.78 is 0. The number of phenols is 2. The highest BCUT2D eigenvalue weighted by Gasteiger charge is 2.05. The fraction of sp³-hybridized carbons (Fsp3) is 0.200. The van der Waals surface area contributed by atoms with Crippen LogP contribution in [0.3, 0.4) is 0 Å². The van der Waals surface area contributed by atoms with Crippen LogP contribution in [0.1, 0.15) is 18.9 Å². The maximum absolute atomic E-state index is 9.52. The van der Waals surface area contributed by atoms with Crippen molar-refractivity contribution >= 4 is 11.8 Å².